The molecule has 1 fully saturated rings. The number of pyridine rings is 1. The molecular formula is C25H21NO5. The van der Waals surface area contributed by atoms with E-state index in [1.54, 1.807) is 19.1 Å². The first-order valence-electron chi connectivity index (χ1n) is 10.3. The van der Waals surface area contributed by atoms with Gasteiger partial charge in [-0.2, -0.15) is 0 Å². The number of allylic oxidation sites excluding steroid dienone is 1. The lowest BCUT2D eigenvalue weighted by molar-refractivity contribution is -0.147. The lowest BCUT2D eigenvalue weighted by atomic mass is 10.0. The van der Waals surface area contributed by atoms with E-state index in [1.807, 2.05) is 42.5 Å². The van der Waals surface area contributed by atoms with Crippen molar-refractivity contribution in [3.63, 3.8) is 0 Å². The van der Waals surface area contributed by atoms with Crippen LogP contribution < -0.4 is 0 Å². The third kappa shape index (κ3) is 3.54. The molecule has 2 unspecified atom stereocenters. The van der Waals surface area contributed by atoms with Gasteiger partial charge in [-0.3, -0.25) is 0 Å². The summed E-state index contributed by atoms with van der Waals surface area (Å²) in [5, 5.41) is 10.2. The van der Waals surface area contributed by atoms with Crippen molar-refractivity contribution in [3.8, 4) is 5.75 Å². The molecule has 3 aromatic rings. The van der Waals surface area contributed by atoms with Crippen molar-refractivity contribution in [2.75, 3.05) is 0 Å². The summed E-state index contributed by atoms with van der Waals surface area (Å²) in [4.78, 5) is 30.0. The Hall–Kier alpha value is -3.67. The van der Waals surface area contributed by atoms with E-state index in [1.165, 1.54) is 0 Å². The maximum atomic E-state index is 13.2. The van der Waals surface area contributed by atoms with Gasteiger partial charge in [0.1, 0.15) is 11.9 Å². The summed E-state index contributed by atoms with van der Waals surface area (Å²) < 4.78 is 10.7. The van der Waals surface area contributed by atoms with E-state index in [4.69, 9.17) is 14.5 Å². The zero-order valence-electron chi connectivity index (χ0n) is 17.0. The molecule has 1 aromatic heterocycles. The molecule has 0 amide bonds. The molecule has 5 rings (SSSR count). The molecule has 1 aliphatic carbocycles. The summed E-state index contributed by atoms with van der Waals surface area (Å²) in [6, 6.07) is 14.4. The Bertz CT molecular complexity index is 1230. The summed E-state index contributed by atoms with van der Waals surface area (Å²) in [5.41, 5.74) is 4.77. The van der Waals surface area contributed by atoms with Crippen LogP contribution in [0.5, 0.6) is 5.75 Å². The monoisotopic (exact) mass is 415 g/mol. The molecule has 6 nitrogen and oxygen atoms in total. The smallest absolute Gasteiger partial charge is 0.347 e. The number of hydrogen-bond donors (Lipinski definition) is 1. The molecule has 0 saturated carbocycles. The Kier molecular flexibility index (Phi) is 4.70. The SMILES string of the molecule is CC1CC(OC(=O)c2c3c(nc4ccccc24)/C(=C/c2ccc(O)cc2)CC3)C(=O)O1. The molecule has 156 valence electrons. The summed E-state index contributed by atoms with van der Waals surface area (Å²) >= 11 is 0. The Balaban J connectivity index is 1.58. The number of fused-ring (bicyclic) bond motifs is 2. The van der Waals surface area contributed by atoms with E-state index in [-0.39, 0.29) is 11.9 Å². The maximum absolute atomic E-state index is 13.2. The molecule has 0 radical (unpaired) electrons. The second-order valence-electron chi connectivity index (χ2n) is 7.97. The van der Waals surface area contributed by atoms with Crippen LogP contribution in [0.25, 0.3) is 22.6 Å². The summed E-state index contributed by atoms with van der Waals surface area (Å²) in [5.74, 6) is -0.802. The Morgan fingerprint density at radius 2 is 1.94 bits per heavy atom. The third-order valence-electron chi connectivity index (χ3n) is 5.76. The zero-order chi connectivity index (χ0) is 21.5. The van der Waals surface area contributed by atoms with Crippen molar-refractivity contribution >= 4 is 34.5 Å². The van der Waals surface area contributed by atoms with Crippen LogP contribution in [0.1, 0.15) is 46.9 Å². The number of aromatic nitrogens is 1. The molecule has 0 bridgehead atoms. The Morgan fingerprint density at radius 3 is 2.68 bits per heavy atom. The lowest BCUT2D eigenvalue weighted by Gasteiger charge is -2.14. The molecule has 2 aliphatic rings. The van der Waals surface area contributed by atoms with Gasteiger partial charge < -0.3 is 14.6 Å². The van der Waals surface area contributed by atoms with Crippen molar-refractivity contribution in [3.05, 3.63) is 70.9 Å². The molecule has 2 heterocycles. The highest BCUT2D eigenvalue weighted by Gasteiger charge is 2.37. The quantitative estimate of drug-likeness (QED) is 0.643. The predicted molar refractivity (Wildman–Crippen MR) is 115 cm³/mol. The largest absolute Gasteiger partial charge is 0.508 e. The first kappa shape index (κ1) is 19.3. The highest BCUT2D eigenvalue weighted by atomic mass is 16.6. The minimum atomic E-state index is -0.876. The van der Waals surface area contributed by atoms with E-state index in [0.29, 0.717) is 23.9 Å². The van der Waals surface area contributed by atoms with Gasteiger partial charge in [-0.15, -0.1) is 0 Å². The average Bonchev–Trinajstić information content (AvgIpc) is 3.29. The fourth-order valence-corrected chi connectivity index (χ4v) is 4.29. The fourth-order valence-electron chi connectivity index (χ4n) is 4.29. The summed E-state index contributed by atoms with van der Waals surface area (Å²) in [6.45, 7) is 1.78. The Morgan fingerprint density at radius 1 is 1.16 bits per heavy atom. The van der Waals surface area contributed by atoms with E-state index in [0.717, 1.165) is 34.2 Å². The minimum absolute atomic E-state index is 0.211. The standard InChI is InChI=1S/C25H21NO5/c1-14-12-21(24(28)30-14)31-25(29)22-18-4-2-3-5-20(18)26-23-16(8-11-19(22)23)13-15-6-9-17(27)10-7-15/h2-7,9-10,13-14,21,27H,8,11-12H2,1H3/b16-13+. The van der Waals surface area contributed by atoms with Crippen LogP contribution in [-0.4, -0.2) is 34.2 Å². The number of rotatable bonds is 3. The van der Waals surface area contributed by atoms with Crippen LogP contribution in [-0.2, 0) is 20.7 Å². The molecule has 0 spiro atoms. The number of aromatic hydroxyl groups is 1. The molecule has 2 aromatic carbocycles. The fraction of sp³-hybridized carbons (Fsp3) is 0.240. The molecule has 1 aliphatic heterocycles. The number of nitrogens with zero attached hydrogens (tertiary/aromatic N) is 1. The van der Waals surface area contributed by atoms with Crippen LogP contribution in [0.15, 0.2) is 48.5 Å². The molecule has 6 heteroatoms. The predicted octanol–water partition coefficient (Wildman–Crippen LogP) is 4.29. The van der Waals surface area contributed by atoms with E-state index in [2.05, 4.69) is 0 Å². The normalized spacial score (nSPS) is 21.3. The van der Waals surface area contributed by atoms with Gasteiger partial charge >= 0.3 is 11.9 Å². The van der Waals surface area contributed by atoms with Crippen molar-refractivity contribution in [2.45, 2.75) is 38.4 Å². The van der Waals surface area contributed by atoms with E-state index < -0.39 is 18.0 Å². The first-order valence-corrected chi connectivity index (χ1v) is 10.3. The second-order valence-corrected chi connectivity index (χ2v) is 7.97. The van der Waals surface area contributed by atoms with Gasteiger partial charge in [-0.25, -0.2) is 14.6 Å². The number of carbonyl (C=O) groups excluding carboxylic acids is 2. The van der Waals surface area contributed by atoms with Crippen LogP contribution in [0.4, 0.5) is 0 Å². The number of phenolic OH excluding ortho intramolecular Hbond substituents is 1. The number of carbonyl (C=O) groups is 2. The number of esters is 2. The van der Waals surface area contributed by atoms with Gasteiger partial charge in [-0.05, 0) is 60.7 Å². The van der Waals surface area contributed by atoms with Gasteiger partial charge in [0.25, 0.3) is 0 Å². The van der Waals surface area contributed by atoms with Gasteiger partial charge in [0.2, 0.25) is 6.10 Å². The van der Waals surface area contributed by atoms with Gasteiger partial charge in [-0.1, -0.05) is 30.3 Å². The minimum Gasteiger partial charge on any atom is -0.508 e. The van der Waals surface area contributed by atoms with Crippen LogP contribution >= 0.6 is 0 Å². The van der Waals surface area contributed by atoms with Crippen molar-refractivity contribution in [1.29, 1.82) is 0 Å². The number of para-hydroxylation sites is 1. The molecule has 31 heavy (non-hydrogen) atoms. The van der Waals surface area contributed by atoms with Gasteiger partial charge in [0.05, 0.1) is 16.8 Å². The number of cyclic esters (lactones) is 1. The van der Waals surface area contributed by atoms with Gasteiger partial charge in [0, 0.05) is 11.8 Å². The number of benzene rings is 2. The lowest BCUT2D eigenvalue weighted by Crippen LogP contribution is -2.23. The first-order chi connectivity index (χ1) is 15.0. The van der Waals surface area contributed by atoms with Crippen LogP contribution in [0, 0.1) is 0 Å². The summed E-state index contributed by atoms with van der Waals surface area (Å²) in [6.07, 6.45) is 2.65. The molecule has 1 N–H and O–H groups in total. The number of hydrogen-bond acceptors (Lipinski definition) is 6. The van der Waals surface area contributed by atoms with Crippen molar-refractivity contribution in [1.82, 2.24) is 4.98 Å². The number of phenols is 1. The maximum Gasteiger partial charge on any atom is 0.347 e. The molecule has 1 saturated heterocycles. The molecular weight excluding hydrogens is 394 g/mol. The average molecular weight is 415 g/mol. The van der Waals surface area contributed by atoms with Gasteiger partial charge in [0.15, 0.2) is 0 Å². The molecule has 2 atom stereocenters. The van der Waals surface area contributed by atoms with E-state index in [9.17, 15) is 14.7 Å². The highest BCUT2D eigenvalue weighted by Crippen LogP contribution is 2.38. The third-order valence-corrected chi connectivity index (χ3v) is 5.76. The second kappa shape index (κ2) is 7.54. The van der Waals surface area contributed by atoms with Crippen LogP contribution in [0.2, 0.25) is 0 Å². The zero-order valence-corrected chi connectivity index (χ0v) is 17.0. The number of ether oxygens (including phenoxy) is 2. The Labute approximate surface area is 179 Å². The van der Waals surface area contributed by atoms with E-state index >= 15 is 0 Å². The highest BCUT2D eigenvalue weighted by molar-refractivity contribution is 6.07. The summed E-state index contributed by atoms with van der Waals surface area (Å²) in [7, 11) is 0. The van der Waals surface area contributed by atoms with Crippen molar-refractivity contribution < 1.29 is 24.2 Å². The topological polar surface area (TPSA) is 85.7 Å². The van der Waals surface area contributed by atoms with Crippen molar-refractivity contribution in [2.24, 2.45) is 0 Å². The van der Waals surface area contributed by atoms with Crippen LogP contribution in [0.3, 0.4) is 0 Å².